The fraction of sp³-hybridized carbons (Fsp3) is 0. The molecule has 0 aliphatic rings. The second-order valence-electron chi connectivity index (χ2n) is 4.76. The van der Waals surface area contributed by atoms with E-state index in [0.717, 1.165) is 11.0 Å². The van der Waals surface area contributed by atoms with Crippen LogP contribution in [0.1, 0.15) is 11.3 Å². The molecule has 0 radical (unpaired) electrons. The molecule has 0 fully saturated rings. The summed E-state index contributed by atoms with van der Waals surface area (Å²) in [5.41, 5.74) is 3.01. The van der Waals surface area contributed by atoms with Crippen molar-refractivity contribution in [1.82, 2.24) is 9.97 Å². The van der Waals surface area contributed by atoms with E-state index in [4.69, 9.17) is 0 Å². The molecule has 2 aromatic carbocycles. The van der Waals surface area contributed by atoms with Crippen molar-refractivity contribution in [2.75, 3.05) is 0 Å². The van der Waals surface area contributed by atoms with Crippen molar-refractivity contribution in [3.8, 4) is 6.07 Å². The Hall–Kier alpha value is -3.59. The van der Waals surface area contributed by atoms with E-state index >= 15 is 0 Å². The van der Waals surface area contributed by atoms with Crippen molar-refractivity contribution in [1.29, 1.82) is 5.26 Å². The SMILES string of the molecule is N#C/C(=C\c1cnc2ccccc2n1)c1ccc([N+](=O)[O-])cc1. The smallest absolute Gasteiger partial charge is 0.258 e. The maximum absolute atomic E-state index is 10.7. The Kier molecular flexibility index (Phi) is 3.77. The number of hydrogen-bond acceptors (Lipinski definition) is 5. The lowest BCUT2D eigenvalue weighted by Gasteiger charge is -2.01. The number of nitrogens with zero attached hydrogens (tertiary/aromatic N) is 4. The summed E-state index contributed by atoms with van der Waals surface area (Å²) in [4.78, 5) is 18.9. The number of hydrogen-bond donors (Lipinski definition) is 0. The van der Waals surface area contributed by atoms with Crippen LogP contribution in [-0.2, 0) is 0 Å². The third-order valence-electron chi connectivity index (χ3n) is 3.27. The highest BCUT2D eigenvalue weighted by Gasteiger charge is 2.07. The molecule has 1 heterocycles. The van der Waals surface area contributed by atoms with Gasteiger partial charge in [0, 0.05) is 12.1 Å². The first kappa shape index (κ1) is 14.4. The Morgan fingerprint density at radius 3 is 2.48 bits per heavy atom. The molecule has 23 heavy (non-hydrogen) atoms. The van der Waals surface area contributed by atoms with Crippen molar-refractivity contribution in [3.05, 3.63) is 76.1 Å². The standard InChI is InChI=1S/C17H10N4O2/c18-10-13(12-5-7-15(8-6-12)21(22)23)9-14-11-19-16-3-1-2-4-17(16)20-14/h1-9,11H/b13-9+. The lowest BCUT2D eigenvalue weighted by Crippen LogP contribution is -1.90. The molecule has 0 N–H and O–H groups in total. The number of para-hydroxylation sites is 2. The van der Waals surface area contributed by atoms with E-state index in [2.05, 4.69) is 16.0 Å². The van der Waals surface area contributed by atoms with Crippen LogP contribution in [0.5, 0.6) is 0 Å². The molecule has 0 saturated heterocycles. The van der Waals surface area contributed by atoms with Gasteiger partial charge in [0.05, 0.1) is 39.5 Å². The summed E-state index contributed by atoms with van der Waals surface area (Å²) in [5, 5.41) is 20.0. The van der Waals surface area contributed by atoms with Gasteiger partial charge >= 0.3 is 0 Å². The lowest BCUT2D eigenvalue weighted by atomic mass is 10.1. The Morgan fingerprint density at radius 2 is 1.83 bits per heavy atom. The molecule has 3 rings (SSSR count). The van der Waals surface area contributed by atoms with Gasteiger partial charge in [-0.1, -0.05) is 12.1 Å². The van der Waals surface area contributed by atoms with E-state index < -0.39 is 4.92 Å². The normalized spacial score (nSPS) is 11.2. The first-order valence-corrected chi connectivity index (χ1v) is 6.76. The van der Waals surface area contributed by atoms with Crippen LogP contribution in [-0.4, -0.2) is 14.9 Å². The molecule has 0 bridgehead atoms. The highest BCUT2D eigenvalue weighted by molar-refractivity contribution is 5.89. The van der Waals surface area contributed by atoms with Crippen LogP contribution < -0.4 is 0 Å². The molecule has 110 valence electrons. The van der Waals surface area contributed by atoms with Crippen LogP contribution in [0.2, 0.25) is 0 Å². The summed E-state index contributed by atoms with van der Waals surface area (Å²) in [6, 6.07) is 15.4. The first-order chi connectivity index (χ1) is 11.2. The Balaban J connectivity index is 2.00. The van der Waals surface area contributed by atoms with E-state index in [1.807, 2.05) is 24.3 Å². The lowest BCUT2D eigenvalue weighted by molar-refractivity contribution is -0.384. The fourth-order valence-electron chi connectivity index (χ4n) is 2.13. The number of aromatic nitrogens is 2. The number of fused-ring (bicyclic) bond motifs is 1. The van der Waals surface area contributed by atoms with Crippen molar-refractivity contribution in [2.24, 2.45) is 0 Å². The zero-order valence-electron chi connectivity index (χ0n) is 11.9. The zero-order valence-corrected chi connectivity index (χ0v) is 11.9. The van der Waals surface area contributed by atoms with E-state index in [9.17, 15) is 15.4 Å². The van der Waals surface area contributed by atoms with Gasteiger partial charge in [-0.25, -0.2) is 4.98 Å². The topological polar surface area (TPSA) is 92.7 Å². The van der Waals surface area contributed by atoms with Gasteiger partial charge in [-0.2, -0.15) is 5.26 Å². The summed E-state index contributed by atoms with van der Waals surface area (Å²) in [5.74, 6) is 0. The Labute approximate surface area is 131 Å². The largest absolute Gasteiger partial charge is 0.269 e. The maximum atomic E-state index is 10.7. The third kappa shape index (κ3) is 3.04. The van der Waals surface area contributed by atoms with Gasteiger partial charge in [0.15, 0.2) is 0 Å². The van der Waals surface area contributed by atoms with Gasteiger partial charge in [-0.05, 0) is 35.9 Å². The fourth-order valence-corrected chi connectivity index (χ4v) is 2.13. The highest BCUT2D eigenvalue weighted by atomic mass is 16.6. The summed E-state index contributed by atoms with van der Waals surface area (Å²) in [6.45, 7) is 0. The highest BCUT2D eigenvalue weighted by Crippen LogP contribution is 2.20. The van der Waals surface area contributed by atoms with Gasteiger partial charge in [0.25, 0.3) is 5.69 Å². The van der Waals surface area contributed by atoms with Crippen LogP contribution in [0.15, 0.2) is 54.7 Å². The van der Waals surface area contributed by atoms with Gasteiger partial charge in [0.1, 0.15) is 0 Å². The van der Waals surface area contributed by atoms with E-state index in [1.54, 1.807) is 24.4 Å². The summed E-state index contributed by atoms with van der Waals surface area (Å²) < 4.78 is 0. The van der Waals surface area contributed by atoms with Crippen LogP contribution in [0, 0.1) is 21.4 Å². The van der Waals surface area contributed by atoms with E-state index in [-0.39, 0.29) is 5.69 Å². The van der Waals surface area contributed by atoms with Crippen molar-refractivity contribution in [2.45, 2.75) is 0 Å². The third-order valence-corrected chi connectivity index (χ3v) is 3.27. The molecular weight excluding hydrogens is 292 g/mol. The number of rotatable bonds is 3. The monoisotopic (exact) mass is 302 g/mol. The molecule has 0 atom stereocenters. The number of nitro groups is 1. The van der Waals surface area contributed by atoms with Gasteiger partial charge in [0.2, 0.25) is 0 Å². The van der Waals surface area contributed by atoms with E-state index in [0.29, 0.717) is 16.8 Å². The molecule has 6 heteroatoms. The van der Waals surface area contributed by atoms with Gasteiger partial charge < -0.3 is 0 Å². The maximum Gasteiger partial charge on any atom is 0.269 e. The molecule has 6 nitrogen and oxygen atoms in total. The molecule has 0 spiro atoms. The second-order valence-corrected chi connectivity index (χ2v) is 4.76. The number of benzene rings is 2. The predicted molar refractivity (Wildman–Crippen MR) is 86.1 cm³/mol. The van der Waals surface area contributed by atoms with Gasteiger partial charge in [-0.15, -0.1) is 0 Å². The number of allylic oxidation sites excluding steroid dienone is 1. The molecule has 1 aromatic heterocycles. The zero-order chi connectivity index (χ0) is 16.2. The number of nitro benzene ring substituents is 1. The molecule has 0 aliphatic carbocycles. The molecule has 0 amide bonds. The van der Waals surface area contributed by atoms with Crippen LogP contribution in [0.4, 0.5) is 5.69 Å². The summed E-state index contributed by atoms with van der Waals surface area (Å²) in [7, 11) is 0. The average molecular weight is 302 g/mol. The second kappa shape index (κ2) is 6.03. The quantitative estimate of drug-likeness (QED) is 0.418. The predicted octanol–water partition coefficient (Wildman–Crippen LogP) is 3.60. The van der Waals surface area contributed by atoms with Gasteiger partial charge in [-0.3, -0.25) is 15.1 Å². The average Bonchev–Trinajstić information content (AvgIpc) is 2.59. The minimum absolute atomic E-state index is 0.0171. The first-order valence-electron chi connectivity index (χ1n) is 6.76. The summed E-state index contributed by atoms with van der Waals surface area (Å²) in [6.07, 6.45) is 3.20. The van der Waals surface area contributed by atoms with Crippen LogP contribution in [0.3, 0.4) is 0 Å². The molecule has 3 aromatic rings. The molecule has 0 unspecified atom stereocenters. The Morgan fingerprint density at radius 1 is 1.13 bits per heavy atom. The molecular formula is C17H10N4O2. The van der Waals surface area contributed by atoms with Crippen LogP contribution >= 0.6 is 0 Å². The minimum Gasteiger partial charge on any atom is -0.258 e. The van der Waals surface area contributed by atoms with E-state index in [1.165, 1.54) is 12.1 Å². The number of nitriles is 1. The van der Waals surface area contributed by atoms with Crippen molar-refractivity contribution >= 4 is 28.4 Å². The van der Waals surface area contributed by atoms with Crippen LogP contribution in [0.25, 0.3) is 22.7 Å². The number of non-ortho nitro benzene ring substituents is 1. The van der Waals surface area contributed by atoms with Crippen molar-refractivity contribution < 1.29 is 4.92 Å². The molecule has 0 saturated carbocycles. The van der Waals surface area contributed by atoms with Crippen molar-refractivity contribution in [3.63, 3.8) is 0 Å². The molecule has 0 aliphatic heterocycles. The summed E-state index contributed by atoms with van der Waals surface area (Å²) >= 11 is 0. The minimum atomic E-state index is -0.478. The Bertz CT molecular complexity index is 956.